The van der Waals surface area contributed by atoms with Crippen LogP contribution in [0, 0.1) is 23.7 Å². The quantitative estimate of drug-likeness (QED) is 0.210. The molecule has 0 saturated carbocycles. The Morgan fingerprint density at radius 3 is 0.775 bits per heavy atom. The number of benzene rings is 6. The largest absolute Gasteiger partial charge is 0.0622 e. The molecule has 0 radical (unpaired) electrons. The highest BCUT2D eigenvalue weighted by molar-refractivity contribution is 5.69. The van der Waals surface area contributed by atoms with Crippen molar-refractivity contribution in [3.8, 4) is 57.1 Å². The zero-order valence-electron chi connectivity index (χ0n) is 22.0. The van der Waals surface area contributed by atoms with E-state index < -0.39 is 0 Å². The van der Waals surface area contributed by atoms with Gasteiger partial charge in [-0.25, -0.2) is 0 Å². The molecule has 40 heavy (non-hydrogen) atoms. The van der Waals surface area contributed by atoms with Gasteiger partial charge in [0, 0.05) is 22.3 Å². The van der Waals surface area contributed by atoms with Crippen molar-refractivity contribution in [2.45, 2.75) is 0 Å². The summed E-state index contributed by atoms with van der Waals surface area (Å²) < 4.78 is 0. The molecule has 0 N–H and O–H groups in total. The lowest BCUT2D eigenvalue weighted by Gasteiger charge is -2.04. The lowest BCUT2D eigenvalue weighted by molar-refractivity contribution is 1.56. The molecule has 0 amide bonds. The van der Waals surface area contributed by atoms with Gasteiger partial charge in [0.15, 0.2) is 0 Å². The van der Waals surface area contributed by atoms with E-state index in [1.807, 2.05) is 12.1 Å². The third-order valence-electron chi connectivity index (χ3n) is 6.70. The molecule has 0 aliphatic rings. The minimum Gasteiger partial charge on any atom is -0.0622 e. The van der Waals surface area contributed by atoms with Gasteiger partial charge >= 0.3 is 0 Å². The van der Waals surface area contributed by atoms with Crippen LogP contribution in [0.25, 0.3) is 33.4 Å². The van der Waals surface area contributed by atoms with Crippen molar-refractivity contribution in [2.75, 3.05) is 0 Å². The molecular weight excluding hydrogens is 480 g/mol. The van der Waals surface area contributed by atoms with Crippen molar-refractivity contribution in [3.63, 3.8) is 0 Å². The molecule has 0 aliphatic carbocycles. The predicted molar refractivity (Wildman–Crippen MR) is 168 cm³/mol. The Morgan fingerprint density at radius 1 is 0.225 bits per heavy atom. The maximum absolute atomic E-state index is 3.35. The van der Waals surface area contributed by atoms with Crippen molar-refractivity contribution in [1.29, 1.82) is 0 Å². The summed E-state index contributed by atoms with van der Waals surface area (Å²) in [6.07, 6.45) is 0. The van der Waals surface area contributed by atoms with Crippen LogP contribution in [0.3, 0.4) is 0 Å². The summed E-state index contributed by atoms with van der Waals surface area (Å²) in [5.41, 5.74) is 10.9. The first-order valence-corrected chi connectivity index (χ1v) is 13.4. The van der Waals surface area contributed by atoms with Crippen LogP contribution in [-0.2, 0) is 0 Å². The van der Waals surface area contributed by atoms with Crippen molar-refractivity contribution in [1.82, 2.24) is 0 Å². The van der Waals surface area contributed by atoms with Crippen LogP contribution in [0.5, 0.6) is 0 Å². The molecule has 6 aromatic carbocycles. The lowest BCUT2D eigenvalue weighted by Crippen LogP contribution is -1.84. The zero-order valence-corrected chi connectivity index (χ0v) is 22.0. The van der Waals surface area contributed by atoms with E-state index in [-0.39, 0.29) is 0 Å². The van der Waals surface area contributed by atoms with Crippen LogP contribution in [-0.4, -0.2) is 0 Å². The molecule has 0 spiro atoms. The SMILES string of the molecule is C(#Cc1cccc(-c2cccc(C#Cc3cccc(-c4ccccc4)c3)c2)c1)c1cccc(-c2ccccc2)c1. The zero-order chi connectivity index (χ0) is 27.0. The van der Waals surface area contributed by atoms with E-state index in [1.54, 1.807) is 0 Å². The first kappa shape index (κ1) is 24.8. The summed E-state index contributed by atoms with van der Waals surface area (Å²) in [6.45, 7) is 0. The third-order valence-corrected chi connectivity index (χ3v) is 6.70. The molecule has 0 heterocycles. The third kappa shape index (κ3) is 6.11. The van der Waals surface area contributed by atoms with Gasteiger partial charge in [-0.05, 0) is 81.9 Å². The highest BCUT2D eigenvalue weighted by atomic mass is 14.1. The summed E-state index contributed by atoms with van der Waals surface area (Å²) >= 11 is 0. The molecule has 0 fully saturated rings. The molecule has 6 rings (SSSR count). The maximum Gasteiger partial charge on any atom is 0.0255 e. The van der Waals surface area contributed by atoms with Crippen molar-refractivity contribution in [3.05, 3.63) is 180 Å². The fourth-order valence-electron chi connectivity index (χ4n) is 4.66. The Morgan fingerprint density at radius 2 is 0.475 bits per heavy atom. The second kappa shape index (κ2) is 11.9. The fraction of sp³-hybridized carbons (Fsp3) is 0. The standard InChI is InChI=1S/C40H26/c1-3-15-35(16-4-1)37-19-7-11-31(27-37)23-25-33-13-9-21-39(29-33)40-22-10-14-34(30-40)26-24-32-12-8-20-38(28-32)36-17-5-2-6-18-36/h1-22,27-30H. The summed E-state index contributed by atoms with van der Waals surface area (Å²) in [4.78, 5) is 0. The second-order valence-corrected chi connectivity index (χ2v) is 9.56. The molecule has 0 bridgehead atoms. The van der Waals surface area contributed by atoms with Gasteiger partial charge in [0.2, 0.25) is 0 Å². The highest BCUT2D eigenvalue weighted by Gasteiger charge is 2.01. The summed E-state index contributed by atoms with van der Waals surface area (Å²) in [5, 5.41) is 0. The van der Waals surface area contributed by atoms with E-state index in [0.717, 1.165) is 33.4 Å². The van der Waals surface area contributed by atoms with Crippen LogP contribution < -0.4 is 0 Å². The Kier molecular flexibility index (Phi) is 7.35. The first-order valence-electron chi connectivity index (χ1n) is 13.4. The fourth-order valence-corrected chi connectivity index (χ4v) is 4.66. The molecule has 186 valence electrons. The molecule has 6 aromatic rings. The number of hydrogen-bond donors (Lipinski definition) is 0. The van der Waals surface area contributed by atoms with Crippen LogP contribution in [0.2, 0.25) is 0 Å². The number of rotatable bonds is 3. The molecule has 0 nitrogen and oxygen atoms in total. The van der Waals surface area contributed by atoms with E-state index >= 15 is 0 Å². The number of hydrogen-bond acceptors (Lipinski definition) is 0. The smallest absolute Gasteiger partial charge is 0.0255 e. The molecule has 0 aromatic heterocycles. The minimum atomic E-state index is 0.983. The van der Waals surface area contributed by atoms with Crippen LogP contribution in [0.15, 0.2) is 158 Å². The van der Waals surface area contributed by atoms with E-state index in [0.29, 0.717) is 0 Å². The normalized spacial score (nSPS) is 10.1. The Labute approximate surface area is 236 Å². The van der Waals surface area contributed by atoms with Gasteiger partial charge in [0.05, 0.1) is 0 Å². The van der Waals surface area contributed by atoms with Crippen molar-refractivity contribution < 1.29 is 0 Å². The molecular formula is C40H26. The maximum atomic E-state index is 3.35. The van der Waals surface area contributed by atoms with Gasteiger partial charge in [-0.3, -0.25) is 0 Å². The average molecular weight is 507 g/mol. The van der Waals surface area contributed by atoms with Gasteiger partial charge in [-0.1, -0.05) is 133 Å². The Balaban J connectivity index is 1.22. The molecule has 0 saturated heterocycles. The van der Waals surface area contributed by atoms with Crippen molar-refractivity contribution in [2.24, 2.45) is 0 Å². The van der Waals surface area contributed by atoms with Gasteiger partial charge in [0.25, 0.3) is 0 Å². The van der Waals surface area contributed by atoms with Crippen LogP contribution in [0.1, 0.15) is 22.3 Å². The van der Waals surface area contributed by atoms with Crippen LogP contribution in [0.4, 0.5) is 0 Å². The second-order valence-electron chi connectivity index (χ2n) is 9.56. The van der Waals surface area contributed by atoms with Crippen LogP contribution >= 0.6 is 0 Å². The summed E-state index contributed by atoms with van der Waals surface area (Å²) in [6, 6.07) is 54.3. The molecule has 0 aliphatic heterocycles. The van der Waals surface area contributed by atoms with E-state index in [1.165, 1.54) is 22.3 Å². The van der Waals surface area contributed by atoms with Crippen molar-refractivity contribution >= 4 is 0 Å². The van der Waals surface area contributed by atoms with Gasteiger partial charge in [-0.15, -0.1) is 0 Å². The van der Waals surface area contributed by atoms with E-state index in [4.69, 9.17) is 0 Å². The monoisotopic (exact) mass is 506 g/mol. The molecule has 0 unspecified atom stereocenters. The Bertz CT molecular complexity index is 1750. The Hall–Kier alpha value is -5.56. The average Bonchev–Trinajstić information content (AvgIpc) is 3.04. The predicted octanol–water partition coefficient (Wildman–Crippen LogP) is 9.49. The van der Waals surface area contributed by atoms with Gasteiger partial charge in [-0.2, -0.15) is 0 Å². The minimum absolute atomic E-state index is 0.983. The summed E-state index contributed by atoms with van der Waals surface area (Å²) in [7, 11) is 0. The van der Waals surface area contributed by atoms with E-state index in [2.05, 4.69) is 169 Å². The first-order chi connectivity index (χ1) is 19.8. The lowest BCUT2D eigenvalue weighted by atomic mass is 10.0. The molecule has 0 atom stereocenters. The van der Waals surface area contributed by atoms with Gasteiger partial charge < -0.3 is 0 Å². The van der Waals surface area contributed by atoms with Gasteiger partial charge in [0.1, 0.15) is 0 Å². The summed E-state index contributed by atoms with van der Waals surface area (Å²) in [5.74, 6) is 13.4. The highest BCUT2D eigenvalue weighted by Crippen LogP contribution is 2.23. The molecule has 0 heteroatoms. The van der Waals surface area contributed by atoms with E-state index in [9.17, 15) is 0 Å². The topological polar surface area (TPSA) is 0 Å².